The van der Waals surface area contributed by atoms with Gasteiger partial charge in [0.15, 0.2) is 40.1 Å². The molecule has 0 amide bonds. The Kier molecular flexibility index (Phi) is 7.06. The van der Waals surface area contributed by atoms with Gasteiger partial charge in [0.05, 0.1) is 13.0 Å². The summed E-state index contributed by atoms with van der Waals surface area (Å²) in [6.07, 6.45) is 2.82. The number of rotatable bonds is 8. The SMILES string of the molecule is COC(=O)[C@@H](CC(=O)/C=C/c1ccc(O)c2oc(-c3ccc(O)c(O)c3)cc12)Cc1ccc(O)c(O)c1. The van der Waals surface area contributed by atoms with Gasteiger partial charge in [0.1, 0.15) is 5.76 Å². The number of furan rings is 1. The van der Waals surface area contributed by atoms with Gasteiger partial charge in [0.2, 0.25) is 0 Å². The van der Waals surface area contributed by atoms with Crippen LogP contribution >= 0.6 is 0 Å². The monoisotopic (exact) mass is 504 g/mol. The maximum absolute atomic E-state index is 12.7. The van der Waals surface area contributed by atoms with E-state index in [1.165, 1.54) is 43.5 Å². The molecule has 1 atom stereocenters. The van der Waals surface area contributed by atoms with E-state index >= 15 is 0 Å². The highest BCUT2D eigenvalue weighted by Gasteiger charge is 2.23. The molecule has 1 heterocycles. The molecule has 9 heteroatoms. The maximum Gasteiger partial charge on any atom is 0.309 e. The van der Waals surface area contributed by atoms with Crippen LogP contribution in [0.5, 0.6) is 28.7 Å². The first kappa shape index (κ1) is 25.2. The molecular weight excluding hydrogens is 480 g/mol. The molecule has 190 valence electrons. The number of carbonyl (C=O) groups is 2. The van der Waals surface area contributed by atoms with Crippen LogP contribution in [0.25, 0.3) is 28.4 Å². The van der Waals surface area contributed by atoms with Crippen LogP contribution in [0.1, 0.15) is 17.5 Å². The third-order valence-corrected chi connectivity index (χ3v) is 5.91. The van der Waals surface area contributed by atoms with Crippen LogP contribution in [-0.4, -0.2) is 44.4 Å². The normalized spacial score (nSPS) is 12.1. The van der Waals surface area contributed by atoms with Gasteiger partial charge in [-0.2, -0.15) is 0 Å². The average Bonchev–Trinajstić information content (AvgIpc) is 3.33. The standard InChI is InChI=1S/C28H24O9/c1-36-28(35)18(10-15-2-7-21(30)24(33)11-15)12-19(29)6-3-16-4-9-23(32)27-20(16)14-26(37-27)17-5-8-22(31)25(34)13-17/h2-9,11,13-14,18,30-34H,10,12H2,1H3/b6-3+/t18-/m1/s1. The summed E-state index contributed by atoms with van der Waals surface area (Å²) < 4.78 is 10.6. The number of phenolic OH excluding ortho intramolecular Hbond substituents is 5. The van der Waals surface area contributed by atoms with Crippen molar-refractivity contribution in [1.82, 2.24) is 0 Å². The van der Waals surface area contributed by atoms with Gasteiger partial charge in [0.25, 0.3) is 0 Å². The van der Waals surface area contributed by atoms with Gasteiger partial charge in [-0.15, -0.1) is 0 Å². The topological polar surface area (TPSA) is 158 Å². The number of phenols is 5. The van der Waals surface area contributed by atoms with Crippen molar-refractivity contribution < 1.29 is 44.3 Å². The van der Waals surface area contributed by atoms with E-state index in [0.29, 0.717) is 27.8 Å². The minimum atomic E-state index is -0.811. The van der Waals surface area contributed by atoms with E-state index in [2.05, 4.69) is 0 Å². The van der Waals surface area contributed by atoms with Crippen molar-refractivity contribution in [2.75, 3.05) is 7.11 Å². The van der Waals surface area contributed by atoms with Crippen LogP contribution < -0.4 is 0 Å². The first-order chi connectivity index (χ1) is 17.7. The first-order valence-corrected chi connectivity index (χ1v) is 11.2. The van der Waals surface area contributed by atoms with Crippen molar-refractivity contribution in [3.63, 3.8) is 0 Å². The molecule has 9 nitrogen and oxygen atoms in total. The van der Waals surface area contributed by atoms with Gasteiger partial charge in [-0.25, -0.2) is 0 Å². The van der Waals surface area contributed by atoms with Crippen molar-refractivity contribution >= 4 is 28.8 Å². The maximum atomic E-state index is 12.7. The second kappa shape index (κ2) is 10.4. The molecule has 1 aromatic heterocycles. The Balaban J connectivity index is 1.57. The number of esters is 1. The molecule has 0 spiro atoms. The lowest BCUT2D eigenvalue weighted by molar-refractivity contribution is -0.146. The van der Waals surface area contributed by atoms with E-state index in [1.807, 2.05) is 0 Å². The summed E-state index contributed by atoms with van der Waals surface area (Å²) in [5.74, 6) is -2.76. The van der Waals surface area contributed by atoms with Gasteiger partial charge >= 0.3 is 5.97 Å². The van der Waals surface area contributed by atoms with Gasteiger partial charge < -0.3 is 34.7 Å². The summed E-state index contributed by atoms with van der Waals surface area (Å²) in [5.41, 5.74) is 1.76. The molecule has 0 bridgehead atoms. The van der Waals surface area contributed by atoms with Crippen LogP contribution in [0.3, 0.4) is 0 Å². The number of methoxy groups -OCH3 is 1. The zero-order valence-corrected chi connectivity index (χ0v) is 19.7. The summed E-state index contributed by atoms with van der Waals surface area (Å²) in [7, 11) is 1.22. The van der Waals surface area contributed by atoms with E-state index in [9.17, 15) is 35.1 Å². The molecule has 4 aromatic rings. The second-order valence-corrected chi connectivity index (χ2v) is 8.48. The largest absolute Gasteiger partial charge is 0.504 e. The number of ketones is 1. The lowest BCUT2D eigenvalue weighted by Gasteiger charge is -2.13. The number of fused-ring (bicyclic) bond motifs is 1. The van der Waals surface area contributed by atoms with Crippen LogP contribution in [0, 0.1) is 5.92 Å². The van der Waals surface area contributed by atoms with Gasteiger partial charge in [-0.1, -0.05) is 18.2 Å². The molecule has 0 radical (unpaired) electrons. The minimum Gasteiger partial charge on any atom is -0.504 e. The molecule has 0 fully saturated rings. The van der Waals surface area contributed by atoms with Gasteiger partial charge in [0, 0.05) is 17.4 Å². The number of hydrogen-bond acceptors (Lipinski definition) is 9. The van der Waals surface area contributed by atoms with Crippen LogP contribution in [0.2, 0.25) is 0 Å². The number of ether oxygens (including phenoxy) is 1. The van der Waals surface area contributed by atoms with E-state index in [-0.39, 0.29) is 53.0 Å². The Morgan fingerprint density at radius 2 is 1.54 bits per heavy atom. The van der Waals surface area contributed by atoms with Crippen molar-refractivity contribution in [2.24, 2.45) is 5.92 Å². The van der Waals surface area contributed by atoms with Crippen LogP contribution in [0.15, 0.2) is 65.1 Å². The Morgan fingerprint density at radius 3 is 2.22 bits per heavy atom. The van der Waals surface area contributed by atoms with E-state index in [0.717, 1.165) is 0 Å². The second-order valence-electron chi connectivity index (χ2n) is 8.48. The molecule has 4 rings (SSSR count). The molecular formula is C28H24O9. The summed E-state index contributed by atoms with van der Waals surface area (Å²) >= 11 is 0. The predicted octanol–water partition coefficient (Wildman–Crippen LogP) is 4.63. The lowest BCUT2D eigenvalue weighted by Crippen LogP contribution is -2.21. The molecule has 37 heavy (non-hydrogen) atoms. The highest BCUT2D eigenvalue weighted by atomic mass is 16.5. The molecule has 0 saturated heterocycles. The Hall–Kier alpha value is -4.92. The Bertz CT molecular complexity index is 1510. The zero-order chi connectivity index (χ0) is 26.7. The molecule has 3 aromatic carbocycles. The van der Waals surface area contributed by atoms with Crippen molar-refractivity contribution in [3.8, 4) is 40.1 Å². The predicted molar refractivity (Wildman–Crippen MR) is 134 cm³/mol. The molecule has 0 aliphatic heterocycles. The highest BCUT2D eigenvalue weighted by Crippen LogP contribution is 2.38. The number of hydrogen-bond donors (Lipinski definition) is 5. The summed E-state index contributed by atoms with van der Waals surface area (Å²) in [4.78, 5) is 25.0. The third kappa shape index (κ3) is 5.51. The first-order valence-electron chi connectivity index (χ1n) is 11.2. The van der Waals surface area contributed by atoms with Gasteiger partial charge in [-0.05, 0) is 66.1 Å². The average molecular weight is 504 g/mol. The quantitative estimate of drug-likeness (QED) is 0.131. The number of carbonyl (C=O) groups excluding carboxylic acids is 2. The lowest BCUT2D eigenvalue weighted by atomic mass is 9.93. The van der Waals surface area contributed by atoms with E-state index < -0.39 is 11.9 Å². The fourth-order valence-corrected chi connectivity index (χ4v) is 3.97. The molecule has 0 unspecified atom stereocenters. The Morgan fingerprint density at radius 1 is 0.865 bits per heavy atom. The minimum absolute atomic E-state index is 0.115. The van der Waals surface area contributed by atoms with Crippen molar-refractivity contribution in [1.29, 1.82) is 0 Å². The van der Waals surface area contributed by atoms with Gasteiger partial charge in [-0.3, -0.25) is 9.59 Å². The fraction of sp³-hybridized carbons (Fsp3) is 0.143. The van der Waals surface area contributed by atoms with Crippen LogP contribution in [-0.2, 0) is 20.7 Å². The van der Waals surface area contributed by atoms with Crippen molar-refractivity contribution in [3.05, 3.63) is 71.8 Å². The molecule has 5 N–H and O–H groups in total. The third-order valence-electron chi connectivity index (χ3n) is 5.91. The summed E-state index contributed by atoms with van der Waals surface area (Å²) in [6, 6.07) is 13.0. The molecule has 0 aliphatic rings. The summed E-state index contributed by atoms with van der Waals surface area (Å²) in [5, 5.41) is 49.3. The van der Waals surface area contributed by atoms with E-state index in [1.54, 1.807) is 30.3 Å². The smallest absolute Gasteiger partial charge is 0.309 e. The zero-order valence-electron chi connectivity index (χ0n) is 19.7. The fourth-order valence-electron chi connectivity index (χ4n) is 3.97. The Labute approximate surface area is 211 Å². The number of allylic oxidation sites excluding steroid dienone is 1. The highest BCUT2D eigenvalue weighted by molar-refractivity contribution is 6.00. The number of aromatic hydroxyl groups is 5. The van der Waals surface area contributed by atoms with Crippen LogP contribution in [0.4, 0.5) is 0 Å². The van der Waals surface area contributed by atoms with E-state index in [4.69, 9.17) is 9.15 Å². The number of benzene rings is 3. The summed E-state index contributed by atoms with van der Waals surface area (Å²) in [6.45, 7) is 0. The van der Waals surface area contributed by atoms with Crippen molar-refractivity contribution in [2.45, 2.75) is 12.8 Å². The molecule has 0 saturated carbocycles. The molecule has 0 aliphatic carbocycles.